The van der Waals surface area contributed by atoms with Crippen LogP contribution in [0.3, 0.4) is 0 Å². The van der Waals surface area contributed by atoms with Crippen molar-refractivity contribution in [3.05, 3.63) is 99.1 Å². The summed E-state index contributed by atoms with van der Waals surface area (Å²) in [5, 5.41) is 5.94. The fraction of sp³-hybridized carbons (Fsp3) is 0.125. The maximum atomic E-state index is 12.3. The molecule has 7 nitrogen and oxygen atoms in total. The second-order valence-corrected chi connectivity index (χ2v) is 7.80. The monoisotopic (exact) mass is 448 g/mol. The van der Waals surface area contributed by atoms with E-state index in [1.54, 1.807) is 48.7 Å². The van der Waals surface area contributed by atoms with Crippen LogP contribution in [0.25, 0.3) is 5.65 Å². The number of amides is 2. The van der Waals surface area contributed by atoms with Gasteiger partial charge in [0, 0.05) is 18.0 Å². The Labute approximate surface area is 189 Å². The number of halogens is 1. The topological polar surface area (TPSA) is 84.7 Å². The minimum absolute atomic E-state index is 0.152. The molecule has 0 atom stereocenters. The van der Waals surface area contributed by atoms with Gasteiger partial charge in [-0.2, -0.15) is 0 Å². The molecule has 0 spiro atoms. The number of hydrogen-bond acceptors (Lipinski definition) is 4. The second-order valence-electron chi connectivity index (χ2n) is 7.40. The van der Waals surface area contributed by atoms with E-state index in [1.807, 2.05) is 26.0 Å². The molecule has 0 unspecified atom stereocenters. The summed E-state index contributed by atoms with van der Waals surface area (Å²) < 4.78 is 7.25. The molecule has 0 fully saturated rings. The SMILES string of the molecule is Cc1ccc(NC(=O)Nc2ccc(OCc3cc(=O)n4cc(C)ccc4n3)cc2)c(Cl)c1. The number of benzene rings is 2. The fourth-order valence-corrected chi connectivity index (χ4v) is 3.41. The summed E-state index contributed by atoms with van der Waals surface area (Å²) in [7, 11) is 0. The number of ether oxygens (including phenoxy) is 1. The highest BCUT2D eigenvalue weighted by Gasteiger charge is 2.07. The number of carbonyl (C=O) groups excluding carboxylic acids is 1. The molecule has 0 aliphatic rings. The van der Waals surface area contributed by atoms with Crippen LogP contribution in [-0.4, -0.2) is 15.4 Å². The first-order chi connectivity index (χ1) is 15.4. The van der Waals surface area contributed by atoms with Crippen molar-refractivity contribution in [2.75, 3.05) is 10.6 Å². The first-order valence-corrected chi connectivity index (χ1v) is 10.3. The highest BCUT2D eigenvalue weighted by molar-refractivity contribution is 6.33. The Morgan fingerprint density at radius 1 is 1.00 bits per heavy atom. The van der Waals surface area contributed by atoms with Crippen LogP contribution in [0.1, 0.15) is 16.8 Å². The normalized spacial score (nSPS) is 10.7. The van der Waals surface area contributed by atoms with Crippen LogP contribution in [-0.2, 0) is 6.61 Å². The molecule has 2 amide bonds. The maximum Gasteiger partial charge on any atom is 0.323 e. The molecule has 2 heterocycles. The quantitative estimate of drug-likeness (QED) is 0.440. The third-order valence-corrected chi connectivity index (χ3v) is 5.04. The third-order valence-electron chi connectivity index (χ3n) is 4.73. The molecule has 4 aromatic rings. The Morgan fingerprint density at radius 2 is 1.75 bits per heavy atom. The van der Waals surface area contributed by atoms with E-state index in [4.69, 9.17) is 16.3 Å². The molecule has 162 valence electrons. The van der Waals surface area contributed by atoms with Crippen LogP contribution in [0.2, 0.25) is 5.02 Å². The minimum atomic E-state index is -0.402. The first kappa shape index (κ1) is 21.4. The number of nitrogens with zero attached hydrogens (tertiary/aromatic N) is 2. The van der Waals surface area contributed by atoms with Crippen molar-refractivity contribution in [2.24, 2.45) is 0 Å². The summed E-state index contributed by atoms with van der Waals surface area (Å²) in [5.41, 5.74) is 4.07. The number of carbonyl (C=O) groups is 1. The van der Waals surface area contributed by atoms with Gasteiger partial charge in [-0.1, -0.05) is 23.7 Å². The van der Waals surface area contributed by atoms with Gasteiger partial charge in [0.25, 0.3) is 5.56 Å². The van der Waals surface area contributed by atoms with Crippen LogP contribution < -0.4 is 20.9 Å². The zero-order valence-electron chi connectivity index (χ0n) is 17.6. The molecule has 2 aromatic heterocycles. The molecular weight excluding hydrogens is 428 g/mol. The van der Waals surface area contributed by atoms with E-state index >= 15 is 0 Å². The number of fused-ring (bicyclic) bond motifs is 1. The Bertz CT molecular complexity index is 1350. The molecule has 8 heteroatoms. The van der Waals surface area contributed by atoms with Gasteiger partial charge in [-0.05, 0) is 67.4 Å². The van der Waals surface area contributed by atoms with E-state index in [-0.39, 0.29) is 12.2 Å². The van der Waals surface area contributed by atoms with Gasteiger partial charge >= 0.3 is 6.03 Å². The van der Waals surface area contributed by atoms with Gasteiger partial charge in [0.2, 0.25) is 0 Å². The van der Waals surface area contributed by atoms with Gasteiger partial charge in [-0.25, -0.2) is 9.78 Å². The summed E-state index contributed by atoms with van der Waals surface area (Å²) in [6.45, 7) is 4.00. The van der Waals surface area contributed by atoms with Gasteiger partial charge in [-0.15, -0.1) is 0 Å². The van der Waals surface area contributed by atoms with Crippen molar-refractivity contribution in [3.8, 4) is 5.75 Å². The fourth-order valence-electron chi connectivity index (χ4n) is 3.13. The van der Waals surface area contributed by atoms with Crippen LogP contribution in [0.5, 0.6) is 5.75 Å². The number of aromatic nitrogens is 2. The highest BCUT2D eigenvalue weighted by Crippen LogP contribution is 2.23. The van der Waals surface area contributed by atoms with E-state index < -0.39 is 6.03 Å². The molecule has 4 rings (SSSR count). The van der Waals surface area contributed by atoms with Crippen molar-refractivity contribution in [1.82, 2.24) is 9.38 Å². The van der Waals surface area contributed by atoms with E-state index in [0.29, 0.717) is 33.5 Å². The van der Waals surface area contributed by atoms with Crippen LogP contribution in [0.4, 0.5) is 16.2 Å². The van der Waals surface area contributed by atoms with Gasteiger partial charge in [-0.3, -0.25) is 9.20 Å². The van der Waals surface area contributed by atoms with Gasteiger partial charge in [0.15, 0.2) is 0 Å². The summed E-state index contributed by atoms with van der Waals surface area (Å²) in [6, 6.07) is 17.1. The van der Waals surface area contributed by atoms with Crippen LogP contribution in [0, 0.1) is 13.8 Å². The molecule has 0 aliphatic heterocycles. The molecule has 0 aliphatic carbocycles. The van der Waals surface area contributed by atoms with Crippen molar-refractivity contribution in [3.63, 3.8) is 0 Å². The molecular formula is C24H21ClN4O3. The molecule has 0 bridgehead atoms. The van der Waals surface area contributed by atoms with E-state index in [9.17, 15) is 9.59 Å². The standard InChI is InChI=1S/C24H21ClN4O3/c1-15-3-9-21(20(25)11-15)28-24(31)27-17-5-7-19(8-6-17)32-14-18-12-23(30)29-13-16(2)4-10-22(29)26-18/h3-13H,14H2,1-2H3,(H2,27,28,31). The number of hydrogen-bond donors (Lipinski definition) is 2. The first-order valence-electron chi connectivity index (χ1n) is 9.93. The lowest BCUT2D eigenvalue weighted by molar-refractivity contribution is 0.262. The zero-order valence-corrected chi connectivity index (χ0v) is 18.3. The van der Waals surface area contributed by atoms with E-state index in [1.165, 1.54) is 10.5 Å². The third kappa shape index (κ3) is 5.07. The van der Waals surface area contributed by atoms with Crippen molar-refractivity contribution in [1.29, 1.82) is 0 Å². The van der Waals surface area contributed by atoms with Gasteiger partial charge in [0.05, 0.1) is 16.4 Å². The number of nitrogens with one attached hydrogen (secondary N) is 2. The lowest BCUT2D eigenvalue weighted by Gasteiger charge is -2.11. The predicted molar refractivity (Wildman–Crippen MR) is 126 cm³/mol. The van der Waals surface area contributed by atoms with Gasteiger partial charge < -0.3 is 15.4 Å². The van der Waals surface area contributed by atoms with Crippen LogP contribution >= 0.6 is 11.6 Å². The maximum absolute atomic E-state index is 12.3. The molecule has 2 N–H and O–H groups in total. The minimum Gasteiger partial charge on any atom is -0.487 e. The summed E-state index contributed by atoms with van der Waals surface area (Å²) in [4.78, 5) is 29.0. The average Bonchev–Trinajstić information content (AvgIpc) is 2.76. The second kappa shape index (κ2) is 9.11. The van der Waals surface area contributed by atoms with Crippen molar-refractivity contribution < 1.29 is 9.53 Å². The summed E-state index contributed by atoms with van der Waals surface area (Å²) in [6.07, 6.45) is 1.75. The van der Waals surface area contributed by atoms with Crippen LogP contribution in [0.15, 0.2) is 71.7 Å². The van der Waals surface area contributed by atoms with Gasteiger partial charge in [0.1, 0.15) is 18.0 Å². The smallest absolute Gasteiger partial charge is 0.323 e. The Hall–Kier alpha value is -3.84. The molecule has 2 aromatic carbocycles. The number of urea groups is 1. The summed E-state index contributed by atoms with van der Waals surface area (Å²) >= 11 is 6.15. The number of rotatable bonds is 5. The predicted octanol–water partition coefficient (Wildman–Crippen LogP) is 5.19. The highest BCUT2D eigenvalue weighted by atomic mass is 35.5. The van der Waals surface area contributed by atoms with E-state index in [2.05, 4.69) is 15.6 Å². The van der Waals surface area contributed by atoms with Crippen molar-refractivity contribution in [2.45, 2.75) is 20.5 Å². The number of anilines is 2. The summed E-state index contributed by atoms with van der Waals surface area (Å²) in [5.74, 6) is 0.587. The zero-order chi connectivity index (χ0) is 22.7. The molecule has 0 saturated carbocycles. The lowest BCUT2D eigenvalue weighted by Crippen LogP contribution is -2.19. The molecule has 0 radical (unpaired) electrons. The Kier molecular flexibility index (Phi) is 6.09. The van der Waals surface area contributed by atoms with Crippen molar-refractivity contribution >= 4 is 34.7 Å². The largest absolute Gasteiger partial charge is 0.487 e. The average molecular weight is 449 g/mol. The number of pyridine rings is 1. The number of aryl methyl sites for hydroxylation is 2. The lowest BCUT2D eigenvalue weighted by atomic mass is 10.2. The molecule has 32 heavy (non-hydrogen) atoms. The molecule has 0 saturated heterocycles. The van der Waals surface area contributed by atoms with E-state index in [0.717, 1.165) is 11.1 Å². The Morgan fingerprint density at radius 3 is 2.50 bits per heavy atom. The Balaban J connectivity index is 1.36.